The summed E-state index contributed by atoms with van der Waals surface area (Å²) in [6.45, 7) is 2.45. The third-order valence-electron chi connectivity index (χ3n) is 4.33. The molecule has 0 aromatic heterocycles. The SMILES string of the molecule is c1ccc(P(CC2CCCN2)CC2CCCN2)cc1. The summed E-state index contributed by atoms with van der Waals surface area (Å²) in [5, 5.41) is 8.95. The first-order valence-electron chi connectivity index (χ1n) is 7.68. The largest absolute Gasteiger partial charge is 0.314 e. The molecule has 2 nitrogen and oxygen atoms in total. The van der Waals surface area contributed by atoms with E-state index in [1.54, 1.807) is 5.30 Å². The van der Waals surface area contributed by atoms with Crippen LogP contribution < -0.4 is 15.9 Å². The normalized spacial score (nSPS) is 28.6. The minimum absolute atomic E-state index is 0.00282. The molecule has 0 aliphatic carbocycles. The summed E-state index contributed by atoms with van der Waals surface area (Å²) in [5.41, 5.74) is 0. The molecule has 3 rings (SSSR count). The second-order valence-corrected chi connectivity index (χ2v) is 8.15. The first-order valence-corrected chi connectivity index (χ1v) is 9.40. The van der Waals surface area contributed by atoms with Crippen LogP contribution in [0.1, 0.15) is 25.7 Å². The molecule has 19 heavy (non-hydrogen) atoms. The van der Waals surface area contributed by atoms with Crippen LogP contribution in [0.2, 0.25) is 0 Å². The predicted molar refractivity (Wildman–Crippen MR) is 84.8 cm³/mol. The molecule has 0 radical (unpaired) electrons. The molecule has 2 aliphatic heterocycles. The molecule has 2 saturated heterocycles. The molecule has 2 unspecified atom stereocenters. The van der Waals surface area contributed by atoms with Crippen molar-refractivity contribution in [3.05, 3.63) is 30.3 Å². The minimum Gasteiger partial charge on any atom is -0.314 e. The van der Waals surface area contributed by atoms with E-state index in [1.807, 2.05) is 0 Å². The van der Waals surface area contributed by atoms with E-state index in [9.17, 15) is 0 Å². The third-order valence-corrected chi connectivity index (χ3v) is 7.12. The van der Waals surface area contributed by atoms with Crippen LogP contribution in [-0.4, -0.2) is 37.5 Å². The Morgan fingerprint density at radius 3 is 1.95 bits per heavy atom. The summed E-state index contributed by atoms with van der Waals surface area (Å²) < 4.78 is 0. The molecule has 0 bridgehead atoms. The Morgan fingerprint density at radius 1 is 0.895 bits per heavy atom. The van der Waals surface area contributed by atoms with Gasteiger partial charge in [-0.15, -0.1) is 0 Å². The van der Waals surface area contributed by atoms with Crippen molar-refractivity contribution in [2.24, 2.45) is 0 Å². The number of hydrogen-bond acceptors (Lipinski definition) is 2. The molecule has 104 valence electrons. The summed E-state index contributed by atoms with van der Waals surface area (Å²) in [7, 11) is -0.00282. The van der Waals surface area contributed by atoms with E-state index in [0.717, 1.165) is 12.1 Å². The Kier molecular flexibility index (Phi) is 4.87. The standard InChI is InChI=1S/C16H25N2P/c1-2-8-16(9-3-1)19(12-14-6-4-10-17-14)13-15-7-5-11-18-15/h1-3,8-9,14-15,17-18H,4-7,10-13H2. The molecule has 1 aromatic rings. The highest BCUT2D eigenvalue weighted by Gasteiger charge is 2.24. The smallest absolute Gasteiger partial charge is 0.0110 e. The highest BCUT2D eigenvalue weighted by Crippen LogP contribution is 2.38. The van der Waals surface area contributed by atoms with Crippen LogP contribution >= 0.6 is 7.92 Å². The van der Waals surface area contributed by atoms with Gasteiger partial charge in [0.2, 0.25) is 0 Å². The lowest BCUT2D eigenvalue weighted by atomic mass is 10.2. The van der Waals surface area contributed by atoms with Crippen LogP contribution in [0.4, 0.5) is 0 Å². The predicted octanol–water partition coefficient (Wildman–Crippen LogP) is 2.30. The molecule has 2 aliphatic rings. The summed E-state index contributed by atoms with van der Waals surface area (Å²) in [6.07, 6.45) is 8.23. The van der Waals surface area contributed by atoms with Crippen LogP contribution in [0, 0.1) is 0 Å². The van der Waals surface area contributed by atoms with Crippen molar-refractivity contribution < 1.29 is 0 Å². The molecule has 2 heterocycles. The van der Waals surface area contributed by atoms with Gasteiger partial charge in [0.25, 0.3) is 0 Å². The molecule has 2 fully saturated rings. The lowest BCUT2D eigenvalue weighted by Crippen LogP contribution is -2.31. The zero-order valence-electron chi connectivity index (χ0n) is 11.6. The fourth-order valence-corrected chi connectivity index (χ4v) is 6.13. The van der Waals surface area contributed by atoms with E-state index < -0.39 is 0 Å². The van der Waals surface area contributed by atoms with Crippen LogP contribution in [0.3, 0.4) is 0 Å². The van der Waals surface area contributed by atoms with Crippen LogP contribution in [-0.2, 0) is 0 Å². The van der Waals surface area contributed by atoms with Gasteiger partial charge in [0, 0.05) is 12.1 Å². The molecule has 0 saturated carbocycles. The highest BCUT2D eigenvalue weighted by molar-refractivity contribution is 7.65. The van der Waals surface area contributed by atoms with Gasteiger partial charge < -0.3 is 10.6 Å². The fraction of sp³-hybridized carbons (Fsp3) is 0.625. The molecular formula is C16H25N2P. The molecular weight excluding hydrogens is 251 g/mol. The van der Waals surface area contributed by atoms with Gasteiger partial charge in [0.15, 0.2) is 0 Å². The fourth-order valence-electron chi connectivity index (χ4n) is 3.28. The first-order chi connectivity index (χ1) is 9.42. The summed E-state index contributed by atoms with van der Waals surface area (Å²) in [5.74, 6) is 0. The van der Waals surface area contributed by atoms with Gasteiger partial charge in [0.05, 0.1) is 0 Å². The van der Waals surface area contributed by atoms with E-state index in [1.165, 1.54) is 51.1 Å². The number of nitrogens with one attached hydrogen (secondary N) is 2. The molecule has 2 atom stereocenters. The quantitative estimate of drug-likeness (QED) is 0.806. The van der Waals surface area contributed by atoms with Crippen LogP contribution in [0.25, 0.3) is 0 Å². The maximum atomic E-state index is 3.68. The first kappa shape index (κ1) is 13.5. The van der Waals surface area contributed by atoms with Crippen molar-refractivity contribution in [1.82, 2.24) is 10.6 Å². The number of rotatable bonds is 5. The van der Waals surface area contributed by atoms with Crippen molar-refractivity contribution in [3.8, 4) is 0 Å². The molecule has 2 N–H and O–H groups in total. The van der Waals surface area contributed by atoms with Gasteiger partial charge in [0.1, 0.15) is 0 Å². The Morgan fingerprint density at radius 2 is 1.47 bits per heavy atom. The van der Waals surface area contributed by atoms with Crippen molar-refractivity contribution in [3.63, 3.8) is 0 Å². The zero-order valence-corrected chi connectivity index (χ0v) is 12.5. The molecule has 1 aromatic carbocycles. The second-order valence-electron chi connectivity index (χ2n) is 5.83. The second kappa shape index (κ2) is 6.83. The molecule has 3 heteroatoms. The number of hydrogen-bond donors (Lipinski definition) is 2. The Labute approximate surface area is 118 Å². The average Bonchev–Trinajstić information content (AvgIpc) is 3.12. The maximum Gasteiger partial charge on any atom is 0.0110 e. The van der Waals surface area contributed by atoms with Crippen molar-refractivity contribution in [2.75, 3.05) is 25.4 Å². The lowest BCUT2D eigenvalue weighted by molar-refractivity contribution is 0.654. The Balaban J connectivity index is 1.66. The van der Waals surface area contributed by atoms with Crippen molar-refractivity contribution >= 4 is 13.2 Å². The molecule has 0 spiro atoms. The van der Waals surface area contributed by atoms with E-state index in [0.29, 0.717) is 0 Å². The van der Waals surface area contributed by atoms with Crippen LogP contribution in [0.5, 0.6) is 0 Å². The third kappa shape index (κ3) is 3.78. The van der Waals surface area contributed by atoms with Gasteiger partial charge in [-0.1, -0.05) is 38.3 Å². The average molecular weight is 276 g/mol. The minimum atomic E-state index is -0.00282. The highest BCUT2D eigenvalue weighted by atomic mass is 31.1. The van der Waals surface area contributed by atoms with Gasteiger partial charge in [-0.2, -0.15) is 0 Å². The molecule has 0 amide bonds. The van der Waals surface area contributed by atoms with E-state index in [2.05, 4.69) is 41.0 Å². The van der Waals surface area contributed by atoms with Gasteiger partial charge in [-0.3, -0.25) is 0 Å². The number of benzene rings is 1. The van der Waals surface area contributed by atoms with Gasteiger partial charge in [-0.05, 0) is 56.4 Å². The van der Waals surface area contributed by atoms with Gasteiger partial charge >= 0.3 is 0 Å². The lowest BCUT2D eigenvalue weighted by Gasteiger charge is -2.25. The Hall–Kier alpha value is -0.430. The Bertz CT molecular complexity index is 352. The van der Waals surface area contributed by atoms with Crippen LogP contribution in [0.15, 0.2) is 30.3 Å². The van der Waals surface area contributed by atoms with Gasteiger partial charge in [-0.25, -0.2) is 0 Å². The summed E-state index contributed by atoms with van der Waals surface area (Å²) >= 11 is 0. The maximum absolute atomic E-state index is 3.68. The zero-order chi connectivity index (χ0) is 12.9. The summed E-state index contributed by atoms with van der Waals surface area (Å²) in [6, 6.07) is 12.8. The van der Waals surface area contributed by atoms with Crippen molar-refractivity contribution in [2.45, 2.75) is 37.8 Å². The monoisotopic (exact) mass is 276 g/mol. The van der Waals surface area contributed by atoms with E-state index >= 15 is 0 Å². The summed E-state index contributed by atoms with van der Waals surface area (Å²) in [4.78, 5) is 0. The van der Waals surface area contributed by atoms with E-state index in [-0.39, 0.29) is 7.92 Å². The van der Waals surface area contributed by atoms with Crippen molar-refractivity contribution in [1.29, 1.82) is 0 Å². The van der Waals surface area contributed by atoms with E-state index in [4.69, 9.17) is 0 Å². The topological polar surface area (TPSA) is 24.1 Å².